The number of amides is 1. The minimum atomic E-state index is -0.150. The van der Waals surface area contributed by atoms with Gasteiger partial charge < -0.3 is 19.5 Å². The Balaban J connectivity index is 1.43. The van der Waals surface area contributed by atoms with Crippen molar-refractivity contribution in [3.8, 4) is 29.1 Å². The van der Waals surface area contributed by atoms with Gasteiger partial charge in [0, 0.05) is 6.07 Å². The van der Waals surface area contributed by atoms with Crippen LogP contribution in [-0.4, -0.2) is 25.9 Å². The van der Waals surface area contributed by atoms with Gasteiger partial charge in [0.1, 0.15) is 12.4 Å². The molecule has 0 saturated heterocycles. The lowest BCUT2D eigenvalue weighted by Gasteiger charge is -2.14. The monoisotopic (exact) mass is 351 g/mol. The fraction of sp³-hybridized carbons (Fsp3) is 0.286. The van der Waals surface area contributed by atoms with E-state index in [2.05, 4.69) is 17.2 Å². The van der Waals surface area contributed by atoms with Crippen LogP contribution in [0.5, 0.6) is 17.2 Å². The quantitative estimate of drug-likeness (QED) is 0.813. The smallest absolute Gasteiger partial charge is 0.231 e. The zero-order chi connectivity index (χ0) is 18.2. The highest BCUT2D eigenvalue weighted by atomic mass is 16.7. The van der Waals surface area contributed by atoms with Crippen molar-refractivity contribution in [3.63, 3.8) is 0 Å². The van der Waals surface area contributed by atoms with E-state index < -0.39 is 0 Å². The summed E-state index contributed by atoms with van der Waals surface area (Å²) in [4.78, 5) is 12.3. The van der Waals surface area contributed by atoms with Crippen LogP contribution < -0.4 is 19.5 Å². The van der Waals surface area contributed by atoms with Crippen molar-refractivity contribution in [2.45, 2.75) is 19.3 Å². The first kappa shape index (κ1) is 17.7. The summed E-state index contributed by atoms with van der Waals surface area (Å²) < 4.78 is 16.1. The minimum absolute atomic E-state index is 0.00955. The van der Waals surface area contributed by atoms with Gasteiger partial charge in [0.15, 0.2) is 11.5 Å². The fourth-order valence-corrected chi connectivity index (χ4v) is 2.71. The minimum Gasteiger partial charge on any atom is -0.481 e. The van der Waals surface area contributed by atoms with Crippen LogP contribution in [-0.2, 0) is 4.79 Å². The Hall–Kier alpha value is -3.13. The second-order valence-corrected chi connectivity index (χ2v) is 5.75. The van der Waals surface area contributed by atoms with Crippen molar-refractivity contribution in [2.24, 2.45) is 0 Å². The molecule has 0 aromatic heterocycles. The molecule has 1 atom stereocenters. The van der Waals surface area contributed by atoms with Gasteiger partial charge in [0.2, 0.25) is 12.7 Å². The van der Waals surface area contributed by atoms with E-state index in [4.69, 9.17) is 14.2 Å². The summed E-state index contributed by atoms with van der Waals surface area (Å²) in [5, 5.41) is 2.86. The maximum absolute atomic E-state index is 12.3. The number of benzene rings is 2. The summed E-state index contributed by atoms with van der Waals surface area (Å²) in [7, 11) is 0. The number of rotatable bonds is 6. The van der Waals surface area contributed by atoms with E-state index in [-0.39, 0.29) is 25.2 Å². The van der Waals surface area contributed by atoms with Gasteiger partial charge in [0.05, 0.1) is 12.5 Å². The summed E-state index contributed by atoms with van der Waals surface area (Å²) >= 11 is 0. The molecule has 5 nitrogen and oxygen atoms in total. The Morgan fingerprint density at radius 3 is 2.77 bits per heavy atom. The molecular weight excluding hydrogens is 330 g/mol. The molecular formula is C21H21NO4. The van der Waals surface area contributed by atoms with Crippen LogP contribution in [0.2, 0.25) is 0 Å². The Morgan fingerprint density at radius 2 is 1.96 bits per heavy atom. The van der Waals surface area contributed by atoms with Gasteiger partial charge in [-0.15, -0.1) is 0 Å². The van der Waals surface area contributed by atoms with E-state index in [0.29, 0.717) is 18.0 Å². The van der Waals surface area contributed by atoms with Crippen LogP contribution >= 0.6 is 0 Å². The number of fused-ring (bicyclic) bond motifs is 1. The average molecular weight is 351 g/mol. The number of hydrogen-bond acceptors (Lipinski definition) is 4. The topological polar surface area (TPSA) is 56.8 Å². The van der Waals surface area contributed by atoms with Crippen LogP contribution in [0.3, 0.4) is 0 Å². The van der Waals surface area contributed by atoms with E-state index >= 15 is 0 Å². The standard InChI is InChI=1S/C21H21NO4/c1-2-18(16-8-4-3-5-9-16)21(23)22-12-6-7-13-24-17-10-11-19-20(14-17)26-15-25-19/h3-5,8-11,14,18H,2,12-13,15H2,1H3,(H,22,23)/t18-/m1/s1. The molecule has 1 aliphatic heterocycles. The van der Waals surface area contributed by atoms with E-state index in [9.17, 15) is 4.79 Å². The SMILES string of the molecule is CC[C@@H](C(=O)NCC#CCOc1ccc2c(c1)OCO2)c1ccccc1. The lowest BCUT2D eigenvalue weighted by atomic mass is 9.96. The molecule has 1 amide bonds. The Kier molecular flexibility index (Phi) is 6.00. The van der Waals surface area contributed by atoms with Crippen LogP contribution in [0.1, 0.15) is 24.8 Å². The molecule has 0 bridgehead atoms. The van der Waals surface area contributed by atoms with Crippen LogP contribution in [0.15, 0.2) is 48.5 Å². The van der Waals surface area contributed by atoms with Gasteiger partial charge in [-0.2, -0.15) is 0 Å². The maximum Gasteiger partial charge on any atom is 0.231 e. The third-order valence-corrected chi connectivity index (χ3v) is 4.06. The molecule has 1 heterocycles. The number of carbonyl (C=O) groups excluding carboxylic acids is 1. The van der Waals surface area contributed by atoms with E-state index in [0.717, 1.165) is 17.7 Å². The third-order valence-electron chi connectivity index (χ3n) is 4.06. The van der Waals surface area contributed by atoms with Gasteiger partial charge in [-0.3, -0.25) is 4.79 Å². The molecule has 2 aromatic rings. The number of carbonyl (C=O) groups is 1. The fourth-order valence-electron chi connectivity index (χ4n) is 2.71. The van der Waals surface area contributed by atoms with Crippen molar-refractivity contribution in [1.29, 1.82) is 0 Å². The molecule has 0 fully saturated rings. The molecule has 3 rings (SSSR count). The van der Waals surface area contributed by atoms with Crippen molar-refractivity contribution in [1.82, 2.24) is 5.32 Å². The predicted molar refractivity (Wildman–Crippen MR) is 98.3 cm³/mol. The summed E-state index contributed by atoms with van der Waals surface area (Å²) in [5.74, 6) is 7.70. The molecule has 5 heteroatoms. The lowest BCUT2D eigenvalue weighted by Crippen LogP contribution is -2.29. The first-order chi connectivity index (χ1) is 12.8. The zero-order valence-corrected chi connectivity index (χ0v) is 14.7. The summed E-state index contributed by atoms with van der Waals surface area (Å²) in [6.45, 7) is 2.78. The van der Waals surface area contributed by atoms with Crippen molar-refractivity contribution >= 4 is 5.91 Å². The highest BCUT2D eigenvalue weighted by molar-refractivity contribution is 5.83. The number of nitrogens with one attached hydrogen (secondary N) is 1. The molecule has 1 aliphatic rings. The Labute approximate surface area is 153 Å². The first-order valence-corrected chi connectivity index (χ1v) is 8.58. The zero-order valence-electron chi connectivity index (χ0n) is 14.7. The number of ether oxygens (including phenoxy) is 3. The van der Waals surface area contributed by atoms with Crippen LogP contribution in [0.4, 0.5) is 0 Å². The maximum atomic E-state index is 12.3. The third kappa shape index (κ3) is 4.48. The highest BCUT2D eigenvalue weighted by Gasteiger charge is 2.17. The van der Waals surface area contributed by atoms with E-state index in [1.165, 1.54) is 0 Å². The van der Waals surface area contributed by atoms with Gasteiger partial charge in [0.25, 0.3) is 0 Å². The molecule has 1 N–H and O–H groups in total. The lowest BCUT2D eigenvalue weighted by molar-refractivity contribution is -0.122. The molecule has 0 saturated carbocycles. The van der Waals surface area contributed by atoms with Crippen molar-refractivity contribution < 1.29 is 19.0 Å². The summed E-state index contributed by atoms with van der Waals surface area (Å²) in [5.41, 5.74) is 1.02. The Morgan fingerprint density at radius 1 is 1.15 bits per heavy atom. The molecule has 0 unspecified atom stereocenters. The number of hydrogen-bond donors (Lipinski definition) is 1. The van der Waals surface area contributed by atoms with Crippen molar-refractivity contribution in [2.75, 3.05) is 19.9 Å². The first-order valence-electron chi connectivity index (χ1n) is 8.58. The van der Waals surface area contributed by atoms with E-state index in [1.54, 1.807) is 12.1 Å². The molecule has 2 aromatic carbocycles. The second-order valence-electron chi connectivity index (χ2n) is 5.75. The van der Waals surface area contributed by atoms with Gasteiger partial charge in [-0.1, -0.05) is 49.1 Å². The molecule has 134 valence electrons. The summed E-state index contributed by atoms with van der Waals surface area (Å²) in [6, 6.07) is 15.2. The normalized spacial score (nSPS) is 12.7. The van der Waals surface area contributed by atoms with Gasteiger partial charge in [-0.25, -0.2) is 0 Å². The van der Waals surface area contributed by atoms with Crippen LogP contribution in [0, 0.1) is 11.8 Å². The van der Waals surface area contributed by atoms with E-state index in [1.807, 2.05) is 43.3 Å². The summed E-state index contributed by atoms with van der Waals surface area (Å²) in [6.07, 6.45) is 0.747. The molecule has 0 aliphatic carbocycles. The van der Waals surface area contributed by atoms with Crippen molar-refractivity contribution in [3.05, 3.63) is 54.1 Å². The molecule has 0 radical (unpaired) electrons. The average Bonchev–Trinajstić information content (AvgIpc) is 3.14. The van der Waals surface area contributed by atoms with Gasteiger partial charge >= 0.3 is 0 Å². The largest absolute Gasteiger partial charge is 0.481 e. The van der Waals surface area contributed by atoms with Gasteiger partial charge in [-0.05, 0) is 24.1 Å². The molecule has 0 spiro atoms. The predicted octanol–water partition coefficient (Wildman–Crippen LogP) is 3.11. The Bertz CT molecular complexity index is 808. The highest BCUT2D eigenvalue weighted by Crippen LogP contribution is 2.34. The second kappa shape index (κ2) is 8.82. The molecule has 26 heavy (non-hydrogen) atoms. The van der Waals surface area contributed by atoms with Crippen LogP contribution in [0.25, 0.3) is 0 Å².